The molecule has 0 saturated carbocycles. The number of hydrogen-bond donors (Lipinski definition) is 1. The van der Waals surface area contributed by atoms with E-state index in [1.165, 1.54) is 7.11 Å². The molecule has 12 heavy (non-hydrogen) atoms. The molecule has 0 aromatic rings. The molecule has 1 saturated heterocycles. The van der Waals surface area contributed by atoms with Gasteiger partial charge in [-0.1, -0.05) is 6.92 Å². The Bertz CT molecular complexity index is 172. The Morgan fingerprint density at radius 3 is 2.58 bits per heavy atom. The van der Waals surface area contributed by atoms with Crippen LogP contribution in [0, 0.1) is 5.41 Å². The number of carbonyl (C=O) groups is 1. The third-order valence-electron chi connectivity index (χ3n) is 2.60. The molecule has 2 N–H and O–H groups in total. The fourth-order valence-electron chi connectivity index (χ4n) is 1.34. The van der Waals surface area contributed by atoms with Gasteiger partial charge in [0.15, 0.2) is 0 Å². The minimum absolute atomic E-state index is 0.174. The Morgan fingerprint density at radius 2 is 2.33 bits per heavy atom. The first kappa shape index (κ1) is 9.48. The van der Waals surface area contributed by atoms with Crippen molar-refractivity contribution in [2.24, 2.45) is 11.1 Å². The lowest BCUT2D eigenvalue weighted by atomic mass is 9.76. The van der Waals surface area contributed by atoms with E-state index in [0.717, 1.165) is 6.42 Å². The minimum atomic E-state index is -0.541. The molecule has 0 bridgehead atoms. The van der Waals surface area contributed by atoms with E-state index in [9.17, 15) is 4.79 Å². The summed E-state index contributed by atoms with van der Waals surface area (Å²) in [5.74, 6) is -0.347. The summed E-state index contributed by atoms with van der Waals surface area (Å²) in [7, 11) is 1.35. The minimum Gasteiger partial charge on any atom is -0.468 e. The highest BCUT2D eigenvalue weighted by atomic mass is 16.5. The van der Waals surface area contributed by atoms with Crippen LogP contribution < -0.4 is 5.73 Å². The standard InChI is InChI=1S/C8H15NO3/c1-3-8(4-12-5-8)6(9)7(10)11-2/h6H,3-5,9H2,1-2H3. The Balaban J connectivity index is 2.59. The molecule has 1 heterocycles. The van der Waals surface area contributed by atoms with E-state index >= 15 is 0 Å². The third-order valence-corrected chi connectivity index (χ3v) is 2.60. The lowest BCUT2D eigenvalue weighted by Gasteiger charge is -2.43. The lowest BCUT2D eigenvalue weighted by Crippen LogP contribution is -2.58. The molecule has 0 aliphatic carbocycles. The van der Waals surface area contributed by atoms with Crippen molar-refractivity contribution in [2.45, 2.75) is 19.4 Å². The van der Waals surface area contributed by atoms with Crippen molar-refractivity contribution >= 4 is 5.97 Å². The molecule has 1 aliphatic rings. The fourth-order valence-corrected chi connectivity index (χ4v) is 1.34. The SMILES string of the molecule is CCC1(C(N)C(=O)OC)COC1. The Labute approximate surface area is 72.0 Å². The predicted octanol–water partition coefficient (Wildman–Crippen LogP) is -0.0867. The van der Waals surface area contributed by atoms with Crippen LogP contribution in [0.3, 0.4) is 0 Å². The van der Waals surface area contributed by atoms with Gasteiger partial charge in [0.25, 0.3) is 0 Å². The van der Waals surface area contributed by atoms with Gasteiger partial charge in [-0.05, 0) is 6.42 Å². The largest absolute Gasteiger partial charge is 0.468 e. The maximum Gasteiger partial charge on any atom is 0.323 e. The van der Waals surface area contributed by atoms with Crippen LogP contribution in [0.4, 0.5) is 0 Å². The van der Waals surface area contributed by atoms with Gasteiger partial charge in [-0.15, -0.1) is 0 Å². The van der Waals surface area contributed by atoms with Crippen LogP contribution in [0.5, 0.6) is 0 Å². The molecule has 4 heteroatoms. The molecule has 0 aromatic carbocycles. The summed E-state index contributed by atoms with van der Waals surface area (Å²) in [5, 5.41) is 0. The summed E-state index contributed by atoms with van der Waals surface area (Å²) in [5.41, 5.74) is 5.55. The second-order valence-electron chi connectivity index (χ2n) is 3.21. The molecule has 0 aromatic heterocycles. The second kappa shape index (κ2) is 3.41. The average molecular weight is 173 g/mol. The lowest BCUT2D eigenvalue weighted by molar-refractivity contribution is -0.165. The molecule has 0 radical (unpaired) electrons. The van der Waals surface area contributed by atoms with Crippen LogP contribution in [0.1, 0.15) is 13.3 Å². The van der Waals surface area contributed by atoms with Gasteiger partial charge in [0.05, 0.1) is 20.3 Å². The summed E-state index contributed by atoms with van der Waals surface area (Å²) in [6.07, 6.45) is 0.850. The maximum absolute atomic E-state index is 11.1. The number of carbonyl (C=O) groups excluding carboxylic acids is 1. The van der Waals surface area contributed by atoms with Crippen molar-refractivity contribution in [3.05, 3.63) is 0 Å². The van der Waals surface area contributed by atoms with Gasteiger partial charge in [0.1, 0.15) is 6.04 Å². The highest BCUT2D eigenvalue weighted by Crippen LogP contribution is 2.34. The first-order valence-electron chi connectivity index (χ1n) is 4.07. The first-order chi connectivity index (χ1) is 5.66. The van der Waals surface area contributed by atoms with Crippen LogP contribution in [-0.4, -0.2) is 32.3 Å². The Hall–Kier alpha value is -0.610. The van der Waals surface area contributed by atoms with Gasteiger partial charge in [0.2, 0.25) is 0 Å². The zero-order valence-corrected chi connectivity index (χ0v) is 7.50. The molecule has 1 aliphatic heterocycles. The van der Waals surface area contributed by atoms with E-state index in [0.29, 0.717) is 13.2 Å². The molecular formula is C8H15NO3. The number of methoxy groups -OCH3 is 1. The summed E-state index contributed by atoms with van der Waals surface area (Å²) >= 11 is 0. The van der Waals surface area contributed by atoms with E-state index < -0.39 is 6.04 Å². The summed E-state index contributed by atoms with van der Waals surface area (Å²) in [6, 6.07) is -0.541. The molecule has 0 spiro atoms. The van der Waals surface area contributed by atoms with Crippen molar-refractivity contribution in [3.8, 4) is 0 Å². The maximum atomic E-state index is 11.1. The van der Waals surface area contributed by atoms with Crippen LogP contribution in [0.2, 0.25) is 0 Å². The van der Waals surface area contributed by atoms with E-state index in [1.807, 2.05) is 6.92 Å². The molecule has 1 unspecified atom stereocenters. The van der Waals surface area contributed by atoms with Crippen molar-refractivity contribution in [1.82, 2.24) is 0 Å². The van der Waals surface area contributed by atoms with Gasteiger partial charge in [0, 0.05) is 5.41 Å². The normalized spacial score (nSPS) is 22.6. The van der Waals surface area contributed by atoms with E-state index in [-0.39, 0.29) is 11.4 Å². The van der Waals surface area contributed by atoms with Crippen molar-refractivity contribution < 1.29 is 14.3 Å². The van der Waals surface area contributed by atoms with Crippen LogP contribution in [0.15, 0.2) is 0 Å². The average Bonchev–Trinajstić information content (AvgIpc) is 2.02. The first-order valence-corrected chi connectivity index (χ1v) is 4.07. The van der Waals surface area contributed by atoms with Gasteiger partial charge in [-0.3, -0.25) is 4.79 Å². The molecular weight excluding hydrogens is 158 g/mol. The van der Waals surface area contributed by atoms with Gasteiger partial charge < -0.3 is 15.2 Å². The van der Waals surface area contributed by atoms with Crippen LogP contribution in [0.25, 0.3) is 0 Å². The third kappa shape index (κ3) is 1.32. The Morgan fingerprint density at radius 1 is 1.75 bits per heavy atom. The number of hydrogen-bond acceptors (Lipinski definition) is 4. The number of rotatable bonds is 3. The molecule has 0 amide bonds. The van der Waals surface area contributed by atoms with E-state index in [2.05, 4.69) is 4.74 Å². The zero-order chi connectivity index (χ0) is 9.19. The highest BCUT2D eigenvalue weighted by molar-refractivity contribution is 5.76. The van der Waals surface area contributed by atoms with Crippen LogP contribution in [-0.2, 0) is 14.3 Å². The topological polar surface area (TPSA) is 61.6 Å². The summed E-state index contributed by atoms with van der Waals surface area (Å²) in [4.78, 5) is 11.1. The molecule has 4 nitrogen and oxygen atoms in total. The number of nitrogens with two attached hydrogens (primary N) is 1. The Kier molecular flexibility index (Phi) is 2.69. The number of esters is 1. The van der Waals surface area contributed by atoms with Crippen molar-refractivity contribution in [1.29, 1.82) is 0 Å². The number of ether oxygens (including phenoxy) is 2. The zero-order valence-electron chi connectivity index (χ0n) is 7.50. The van der Waals surface area contributed by atoms with Gasteiger partial charge >= 0.3 is 5.97 Å². The van der Waals surface area contributed by atoms with E-state index in [4.69, 9.17) is 10.5 Å². The molecule has 1 atom stereocenters. The smallest absolute Gasteiger partial charge is 0.323 e. The quantitative estimate of drug-likeness (QED) is 0.606. The van der Waals surface area contributed by atoms with E-state index in [1.54, 1.807) is 0 Å². The molecule has 1 fully saturated rings. The second-order valence-corrected chi connectivity index (χ2v) is 3.21. The predicted molar refractivity (Wildman–Crippen MR) is 43.5 cm³/mol. The monoisotopic (exact) mass is 173 g/mol. The van der Waals surface area contributed by atoms with Crippen molar-refractivity contribution in [3.63, 3.8) is 0 Å². The highest BCUT2D eigenvalue weighted by Gasteiger charge is 2.46. The molecule has 70 valence electrons. The summed E-state index contributed by atoms with van der Waals surface area (Å²) in [6.45, 7) is 3.14. The molecule has 1 rings (SSSR count). The van der Waals surface area contributed by atoms with Gasteiger partial charge in [-0.25, -0.2) is 0 Å². The fraction of sp³-hybridized carbons (Fsp3) is 0.875. The van der Waals surface area contributed by atoms with Gasteiger partial charge in [-0.2, -0.15) is 0 Å². The van der Waals surface area contributed by atoms with Crippen LogP contribution >= 0.6 is 0 Å². The summed E-state index contributed by atoms with van der Waals surface area (Å²) < 4.78 is 9.63. The van der Waals surface area contributed by atoms with Crippen molar-refractivity contribution in [2.75, 3.05) is 20.3 Å².